The molecule has 146 valence electrons. The number of nitrogens with zero attached hydrogens (tertiary/aromatic N) is 2. The molecule has 0 bridgehead atoms. The lowest BCUT2D eigenvalue weighted by Gasteiger charge is -2.21. The Bertz CT molecular complexity index is 987. The summed E-state index contributed by atoms with van der Waals surface area (Å²) in [5, 5.41) is 4.10. The topological polar surface area (TPSA) is 54.3 Å². The maximum atomic E-state index is 12.4. The number of nitrogens with one attached hydrogen (secondary N) is 1. The van der Waals surface area contributed by atoms with Crippen molar-refractivity contribution >= 4 is 22.7 Å². The number of aromatic nitrogens is 1. The molecular formula is C23H27N3O2. The molecule has 0 spiro atoms. The third kappa shape index (κ3) is 4.25. The fraction of sp³-hybridized carbons (Fsp3) is 0.304. The van der Waals surface area contributed by atoms with Crippen LogP contribution >= 0.6 is 0 Å². The van der Waals surface area contributed by atoms with Crippen molar-refractivity contribution in [3.63, 3.8) is 0 Å². The summed E-state index contributed by atoms with van der Waals surface area (Å²) in [6.45, 7) is 6.70. The van der Waals surface area contributed by atoms with E-state index >= 15 is 0 Å². The van der Waals surface area contributed by atoms with Crippen LogP contribution in [-0.2, 0) is 17.9 Å². The quantitative estimate of drug-likeness (QED) is 0.711. The van der Waals surface area contributed by atoms with Crippen LogP contribution in [0.2, 0.25) is 0 Å². The minimum Gasteiger partial charge on any atom is -0.350 e. The zero-order valence-electron chi connectivity index (χ0n) is 16.9. The molecule has 3 aromatic rings. The molecule has 0 saturated carbocycles. The summed E-state index contributed by atoms with van der Waals surface area (Å²) >= 11 is 0. The fourth-order valence-corrected chi connectivity index (χ4v) is 3.16. The van der Waals surface area contributed by atoms with Gasteiger partial charge in [-0.2, -0.15) is 0 Å². The molecule has 5 heteroatoms. The summed E-state index contributed by atoms with van der Waals surface area (Å²) in [5.74, 6) is -0.0373. The molecule has 28 heavy (non-hydrogen) atoms. The van der Waals surface area contributed by atoms with Crippen LogP contribution in [0.4, 0.5) is 0 Å². The Morgan fingerprint density at radius 2 is 1.75 bits per heavy atom. The number of para-hydroxylation sites is 1. The van der Waals surface area contributed by atoms with Crippen LogP contribution in [0.1, 0.15) is 35.5 Å². The van der Waals surface area contributed by atoms with Gasteiger partial charge < -0.3 is 14.8 Å². The lowest BCUT2D eigenvalue weighted by atomic mass is 10.1. The minimum atomic E-state index is -0.0378. The molecule has 0 atom stereocenters. The molecule has 2 aromatic carbocycles. The second kappa shape index (κ2) is 8.30. The minimum absolute atomic E-state index is 0.000506. The third-order valence-corrected chi connectivity index (χ3v) is 5.10. The van der Waals surface area contributed by atoms with Crippen molar-refractivity contribution < 1.29 is 9.59 Å². The molecule has 3 rings (SSSR count). The predicted molar refractivity (Wildman–Crippen MR) is 112 cm³/mol. The number of carbonyl (C=O) groups is 2. The first-order chi connectivity index (χ1) is 13.4. The average Bonchev–Trinajstić information content (AvgIpc) is 3.01. The highest BCUT2D eigenvalue weighted by atomic mass is 16.2. The Hall–Kier alpha value is -3.08. The van der Waals surface area contributed by atoms with Crippen molar-refractivity contribution in [2.24, 2.45) is 0 Å². The molecule has 0 saturated heterocycles. The lowest BCUT2D eigenvalue weighted by molar-refractivity contribution is -0.121. The fourth-order valence-electron chi connectivity index (χ4n) is 3.16. The summed E-state index contributed by atoms with van der Waals surface area (Å²) in [4.78, 5) is 26.5. The second-order valence-electron chi connectivity index (χ2n) is 7.41. The smallest absolute Gasteiger partial charge is 0.253 e. The molecular weight excluding hydrogens is 350 g/mol. The number of aryl methyl sites for hydroxylation is 1. The molecule has 0 aliphatic carbocycles. The summed E-state index contributed by atoms with van der Waals surface area (Å²) < 4.78 is 2.02. The Labute approximate surface area is 166 Å². The van der Waals surface area contributed by atoms with Crippen molar-refractivity contribution in [1.29, 1.82) is 0 Å². The molecule has 0 aliphatic rings. The Morgan fingerprint density at radius 1 is 1.07 bits per heavy atom. The van der Waals surface area contributed by atoms with Gasteiger partial charge in [0.2, 0.25) is 5.91 Å². The van der Waals surface area contributed by atoms with E-state index < -0.39 is 0 Å². The maximum Gasteiger partial charge on any atom is 0.253 e. The van der Waals surface area contributed by atoms with Crippen LogP contribution in [0, 0.1) is 6.92 Å². The van der Waals surface area contributed by atoms with E-state index in [1.54, 1.807) is 11.9 Å². The van der Waals surface area contributed by atoms with E-state index in [0.29, 0.717) is 12.1 Å². The van der Waals surface area contributed by atoms with Gasteiger partial charge in [0.05, 0.1) is 0 Å². The van der Waals surface area contributed by atoms with Gasteiger partial charge in [0.15, 0.2) is 0 Å². The Morgan fingerprint density at radius 3 is 2.43 bits per heavy atom. The van der Waals surface area contributed by atoms with Gasteiger partial charge >= 0.3 is 0 Å². The molecule has 0 fully saturated rings. The maximum absolute atomic E-state index is 12.4. The second-order valence-corrected chi connectivity index (χ2v) is 7.41. The lowest BCUT2D eigenvalue weighted by Crippen LogP contribution is -2.33. The Balaban J connectivity index is 1.60. The zero-order chi connectivity index (χ0) is 20.3. The molecule has 1 aromatic heterocycles. The van der Waals surface area contributed by atoms with Crippen LogP contribution in [-0.4, -0.2) is 34.4 Å². The van der Waals surface area contributed by atoms with Crippen LogP contribution in [0.15, 0.2) is 54.6 Å². The predicted octanol–water partition coefficient (Wildman–Crippen LogP) is 3.75. The number of hydrogen-bond donors (Lipinski definition) is 1. The van der Waals surface area contributed by atoms with Crippen LogP contribution in [0.5, 0.6) is 0 Å². The summed E-state index contributed by atoms with van der Waals surface area (Å²) in [6, 6.07) is 17.7. The van der Waals surface area contributed by atoms with Crippen LogP contribution < -0.4 is 5.32 Å². The highest BCUT2D eigenvalue weighted by molar-refractivity contribution is 5.94. The van der Waals surface area contributed by atoms with Gasteiger partial charge in [-0.1, -0.05) is 30.3 Å². The normalized spacial score (nSPS) is 11.0. The number of amides is 2. The van der Waals surface area contributed by atoms with Gasteiger partial charge in [-0.3, -0.25) is 9.59 Å². The molecule has 0 aliphatic heterocycles. The standard InChI is InChI=1S/C23H27N3O2/c1-16(2)25(4)23(28)19-11-9-18(10-12-19)14-24-22(27)15-26-17(3)13-20-7-5-6-8-21(20)26/h5-13,16H,14-15H2,1-4H3,(H,24,27). The first kappa shape index (κ1) is 19.7. The van der Waals surface area contributed by atoms with Gasteiger partial charge in [-0.15, -0.1) is 0 Å². The van der Waals surface area contributed by atoms with E-state index in [2.05, 4.69) is 17.4 Å². The monoisotopic (exact) mass is 377 g/mol. The molecule has 0 unspecified atom stereocenters. The molecule has 1 N–H and O–H groups in total. The van der Waals surface area contributed by atoms with E-state index in [-0.39, 0.29) is 24.4 Å². The summed E-state index contributed by atoms with van der Waals surface area (Å²) in [5.41, 5.74) is 3.74. The van der Waals surface area contributed by atoms with Crippen molar-refractivity contribution in [3.8, 4) is 0 Å². The van der Waals surface area contributed by atoms with Crippen molar-refractivity contribution in [1.82, 2.24) is 14.8 Å². The molecule has 1 heterocycles. The largest absolute Gasteiger partial charge is 0.350 e. The highest BCUT2D eigenvalue weighted by Crippen LogP contribution is 2.19. The van der Waals surface area contributed by atoms with Gasteiger partial charge in [0.1, 0.15) is 6.54 Å². The van der Waals surface area contributed by atoms with Crippen molar-refractivity contribution in [3.05, 3.63) is 71.4 Å². The number of benzene rings is 2. The van der Waals surface area contributed by atoms with Crippen LogP contribution in [0.25, 0.3) is 10.9 Å². The molecule has 2 amide bonds. The Kier molecular flexibility index (Phi) is 5.83. The number of hydrogen-bond acceptors (Lipinski definition) is 2. The summed E-state index contributed by atoms with van der Waals surface area (Å²) in [7, 11) is 1.80. The molecule has 5 nitrogen and oxygen atoms in total. The SMILES string of the molecule is Cc1cc2ccccc2n1CC(=O)NCc1ccc(C(=O)N(C)C(C)C)cc1. The van der Waals surface area contributed by atoms with Crippen molar-refractivity contribution in [2.75, 3.05) is 7.05 Å². The first-order valence-corrected chi connectivity index (χ1v) is 9.54. The van der Waals surface area contributed by atoms with Gasteiger partial charge in [0.25, 0.3) is 5.91 Å². The van der Waals surface area contributed by atoms with E-state index in [1.807, 2.05) is 67.8 Å². The van der Waals surface area contributed by atoms with Gasteiger partial charge in [0, 0.05) is 36.4 Å². The van der Waals surface area contributed by atoms with Crippen molar-refractivity contribution in [2.45, 2.75) is 39.9 Å². The summed E-state index contributed by atoms with van der Waals surface area (Å²) in [6.07, 6.45) is 0. The number of carbonyl (C=O) groups excluding carboxylic acids is 2. The van der Waals surface area contributed by atoms with E-state index in [0.717, 1.165) is 22.2 Å². The third-order valence-electron chi connectivity index (χ3n) is 5.10. The van der Waals surface area contributed by atoms with E-state index in [1.165, 1.54) is 0 Å². The molecule has 0 radical (unpaired) electrons. The average molecular weight is 377 g/mol. The van der Waals surface area contributed by atoms with E-state index in [9.17, 15) is 9.59 Å². The first-order valence-electron chi connectivity index (χ1n) is 9.54. The number of fused-ring (bicyclic) bond motifs is 1. The van der Waals surface area contributed by atoms with Gasteiger partial charge in [-0.05, 0) is 56.0 Å². The van der Waals surface area contributed by atoms with Gasteiger partial charge in [-0.25, -0.2) is 0 Å². The zero-order valence-corrected chi connectivity index (χ0v) is 16.9. The van der Waals surface area contributed by atoms with Crippen LogP contribution in [0.3, 0.4) is 0 Å². The highest BCUT2D eigenvalue weighted by Gasteiger charge is 2.14. The number of rotatable bonds is 6. The van der Waals surface area contributed by atoms with E-state index in [4.69, 9.17) is 0 Å².